The van der Waals surface area contributed by atoms with Gasteiger partial charge >= 0.3 is 5.97 Å². The van der Waals surface area contributed by atoms with Crippen LogP contribution in [0.3, 0.4) is 0 Å². The summed E-state index contributed by atoms with van der Waals surface area (Å²) in [6, 6.07) is 7.42. The van der Waals surface area contributed by atoms with Gasteiger partial charge in [-0.3, -0.25) is 14.4 Å². The summed E-state index contributed by atoms with van der Waals surface area (Å²) in [4.78, 5) is 36.4. The normalized spacial score (nSPS) is 16.3. The van der Waals surface area contributed by atoms with Crippen LogP contribution in [0, 0.1) is 5.92 Å². The number of carbonyl (C=O) groups is 3. The first-order valence-electron chi connectivity index (χ1n) is 7.94. The van der Waals surface area contributed by atoms with Gasteiger partial charge in [0.1, 0.15) is 0 Å². The number of esters is 1. The summed E-state index contributed by atoms with van der Waals surface area (Å²) in [5, 5.41) is 4.92. The van der Waals surface area contributed by atoms with Gasteiger partial charge in [0, 0.05) is 11.4 Å². The molecule has 0 aliphatic carbocycles. The molecule has 1 aliphatic heterocycles. The van der Waals surface area contributed by atoms with Gasteiger partial charge in [0.2, 0.25) is 5.91 Å². The van der Waals surface area contributed by atoms with E-state index in [1.54, 1.807) is 0 Å². The topological polar surface area (TPSA) is 84.5 Å². The molecular weight excluding hydrogens is 328 g/mol. The van der Waals surface area contributed by atoms with E-state index in [4.69, 9.17) is 4.74 Å². The maximum absolute atomic E-state index is 12.0. The third kappa shape index (κ3) is 5.56. The van der Waals surface area contributed by atoms with Gasteiger partial charge in [-0.15, -0.1) is 11.8 Å². The van der Waals surface area contributed by atoms with Gasteiger partial charge in [0.25, 0.3) is 5.91 Å². The largest absolute Gasteiger partial charge is 0.456 e. The summed E-state index contributed by atoms with van der Waals surface area (Å²) in [6.45, 7) is 4.38. The predicted molar refractivity (Wildman–Crippen MR) is 92.8 cm³/mol. The molecule has 2 rings (SSSR count). The molecule has 1 aromatic rings. The van der Waals surface area contributed by atoms with Crippen molar-refractivity contribution >= 4 is 35.2 Å². The van der Waals surface area contributed by atoms with Crippen molar-refractivity contribution in [3.8, 4) is 0 Å². The zero-order valence-corrected chi connectivity index (χ0v) is 14.7. The fourth-order valence-corrected chi connectivity index (χ4v) is 3.23. The van der Waals surface area contributed by atoms with Gasteiger partial charge in [-0.2, -0.15) is 0 Å². The first kappa shape index (κ1) is 18.3. The summed E-state index contributed by atoms with van der Waals surface area (Å²) in [5.41, 5.74) is 0.752. The Kier molecular flexibility index (Phi) is 6.66. The van der Waals surface area contributed by atoms with E-state index in [1.807, 2.05) is 24.3 Å². The lowest BCUT2D eigenvalue weighted by atomic mass is 10.1. The molecule has 0 saturated heterocycles. The van der Waals surface area contributed by atoms with E-state index in [0.717, 1.165) is 17.0 Å². The first-order valence-corrected chi connectivity index (χ1v) is 8.82. The maximum Gasteiger partial charge on any atom is 0.307 e. The van der Waals surface area contributed by atoms with Crippen molar-refractivity contribution in [2.45, 2.75) is 36.8 Å². The van der Waals surface area contributed by atoms with Crippen molar-refractivity contribution in [3.05, 3.63) is 24.3 Å². The molecule has 0 radical (unpaired) electrons. The maximum atomic E-state index is 12.0. The molecule has 1 aromatic carbocycles. The van der Waals surface area contributed by atoms with E-state index in [2.05, 4.69) is 24.5 Å². The van der Waals surface area contributed by atoms with Crippen LogP contribution in [-0.4, -0.2) is 36.2 Å². The van der Waals surface area contributed by atoms with Crippen molar-refractivity contribution < 1.29 is 19.1 Å². The zero-order chi connectivity index (χ0) is 17.5. The lowest BCUT2D eigenvalue weighted by Gasteiger charge is -2.23. The van der Waals surface area contributed by atoms with Crippen LogP contribution >= 0.6 is 11.8 Å². The number of rotatable bonds is 7. The third-order valence-corrected chi connectivity index (χ3v) is 4.74. The lowest BCUT2D eigenvalue weighted by molar-refractivity contribution is -0.149. The molecule has 1 heterocycles. The van der Waals surface area contributed by atoms with Crippen LogP contribution in [-0.2, 0) is 19.1 Å². The summed E-state index contributed by atoms with van der Waals surface area (Å²) in [7, 11) is 0. The highest BCUT2D eigenvalue weighted by Gasteiger charge is 2.29. The van der Waals surface area contributed by atoms with Crippen LogP contribution < -0.4 is 10.6 Å². The van der Waals surface area contributed by atoms with E-state index < -0.39 is 11.2 Å². The Morgan fingerprint density at radius 3 is 2.83 bits per heavy atom. The van der Waals surface area contributed by atoms with Gasteiger partial charge in [0.15, 0.2) is 6.61 Å². The number of anilines is 1. The van der Waals surface area contributed by atoms with Crippen molar-refractivity contribution in [2.24, 2.45) is 5.92 Å². The standard InChI is InChI=1S/C17H22N2O4S/c1-11(2)7-8-18-15(20)10-23-16(21)9-14-17(22)19-12-5-3-4-6-13(12)24-14/h3-6,11,14H,7-10H2,1-2H3,(H,18,20)(H,19,22)/t14-/m0/s1. The van der Waals surface area contributed by atoms with Crippen LogP contribution in [0.2, 0.25) is 0 Å². The second kappa shape index (κ2) is 8.73. The second-order valence-electron chi connectivity index (χ2n) is 5.99. The number of amides is 2. The highest BCUT2D eigenvalue weighted by Crippen LogP contribution is 2.36. The number of nitrogens with one attached hydrogen (secondary N) is 2. The number of hydrogen-bond donors (Lipinski definition) is 2. The SMILES string of the molecule is CC(C)CCNC(=O)COC(=O)C[C@@H]1Sc2ccccc2NC1=O. The van der Waals surface area contributed by atoms with Gasteiger partial charge in [-0.05, 0) is 24.5 Å². The number of fused-ring (bicyclic) bond motifs is 1. The van der Waals surface area contributed by atoms with E-state index in [0.29, 0.717) is 12.5 Å². The molecular formula is C17H22N2O4S. The average molecular weight is 350 g/mol. The molecule has 1 aliphatic rings. The van der Waals surface area contributed by atoms with Crippen LogP contribution in [0.4, 0.5) is 5.69 Å². The van der Waals surface area contributed by atoms with E-state index in [1.165, 1.54) is 11.8 Å². The van der Waals surface area contributed by atoms with Gasteiger partial charge in [-0.1, -0.05) is 26.0 Å². The second-order valence-corrected chi connectivity index (χ2v) is 7.23. The number of ether oxygens (including phenoxy) is 1. The molecule has 2 N–H and O–H groups in total. The Morgan fingerprint density at radius 2 is 2.08 bits per heavy atom. The van der Waals surface area contributed by atoms with E-state index >= 15 is 0 Å². The minimum Gasteiger partial charge on any atom is -0.456 e. The van der Waals surface area contributed by atoms with Gasteiger partial charge < -0.3 is 15.4 Å². The van der Waals surface area contributed by atoms with Crippen LogP contribution in [0.5, 0.6) is 0 Å². The van der Waals surface area contributed by atoms with Crippen LogP contribution in [0.15, 0.2) is 29.2 Å². The van der Waals surface area contributed by atoms with Crippen LogP contribution in [0.1, 0.15) is 26.7 Å². The van der Waals surface area contributed by atoms with Gasteiger partial charge in [0.05, 0.1) is 17.4 Å². The summed E-state index contributed by atoms with van der Waals surface area (Å²) in [6.07, 6.45) is 0.808. The molecule has 24 heavy (non-hydrogen) atoms. The number of benzene rings is 1. The third-order valence-electron chi connectivity index (χ3n) is 3.47. The van der Waals surface area contributed by atoms with E-state index in [9.17, 15) is 14.4 Å². The highest BCUT2D eigenvalue weighted by atomic mass is 32.2. The van der Waals surface area contributed by atoms with Gasteiger partial charge in [-0.25, -0.2) is 0 Å². The fraction of sp³-hybridized carbons (Fsp3) is 0.471. The molecule has 2 amide bonds. The molecule has 0 fully saturated rings. The number of thioether (sulfide) groups is 1. The minimum absolute atomic E-state index is 0.0654. The highest BCUT2D eigenvalue weighted by molar-refractivity contribution is 8.01. The number of para-hydroxylation sites is 1. The monoisotopic (exact) mass is 350 g/mol. The molecule has 6 nitrogen and oxygen atoms in total. The molecule has 0 bridgehead atoms. The van der Waals surface area contributed by atoms with Crippen molar-refractivity contribution in [1.82, 2.24) is 5.32 Å². The average Bonchev–Trinajstić information content (AvgIpc) is 2.53. The molecule has 0 saturated carbocycles. The quantitative estimate of drug-likeness (QED) is 0.737. The summed E-state index contributed by atoms with van der Waals surface area (Å²) in [5.74, 6) is -0.606. The van der Waals surface area contributed by atoms with Crippen LogP contribution in [0.25, 0.3) is 0 Å². The predicted octanol–water partition coefficient (Wildman–Crippen LogP) is 2.19. The van der Waals surface area contributed by atoms with Crippen molar-refractivity contribution in [3.63, 3.8) is 0 Å². The summed E-state index contributed by atoms with van der Waals surface area (Å²) < 4.78 is 4.96. The zero-order valence-electron chi connectivity index (χ0n) is 13.8. The summed E-state index contributed by atoms with van der Waals surface area (Å²) >= 11 is 1.33. The minimum atomic E-state index is -0.555. The Morgan fingerprint density at radius 1 is 1.33 bits per heavy atom. The van der Waals surface area contributed by atoms with Crippen molar-refractivity contribution in [2.75, 3.05) is 18.5 Å². The Balaban J connectivity index is 1.75. The molecule has 1 atom stereocenters. The fourth-order valence-electron chi connectivity index (χ4n) is 2.13. The Labute approximate surface area is 145 Å². The van der Waals surface area contributed by atoms with Crippen molar-refractivity contribution in [1.29, 1.82) is 0 Å². The lowest BCUT2D eigenvalue weighted by Crippen LogP contribution is -2.33. The molecule has 0 unspecified atom stereocenters. The molecule has 7 heteroatoms. The first-order chi connectivity index (χ1) is 11.5. The molecule has 0 spiro atoms. The number of hydrogen-bond acceptors (Lipinski definition) is 5. The smallest absolute Gasteiger partial charge is 0.307 e. The number of carbonyl (C=O) groups excluding carboxylic acids is 3. The van der Waals surface area contributed by atoms with E-state index in [-0.39, 0.29) is 24.8 Å². The Bertz CT molecular complexity index is 618. The Hall–Kier alpha value is -2.02. The molecule has 130 valence electrons. The molecule has 0 aromatic heterocycles.